The molecule has 3 aromatic heterocycles. The fourth-order valence-corrected chi connectivity index (χ4v) is 5.39. The average Bonchev–Trinajstić information content (AvgIpc) is 3.44. The van der Waals surface area contributed by atoms with Gasteiger partial charge in [0.15, 0.2) is 4.96 Å². The van der Waals surface area contributed by atoms with E-state index >= 15 is 0 Å². The van der Waals surface area contributed by atoms with Crippen molar-refractivity contribution in [2.24, 2.45) is 0 Å². The normalized spacial score (nSPS) is 14.5. The van der Waals surface area contributed by atoms with Gasteiger partial charge in [0.25, 0.3) is 11.8 Å². The molecule has 4 aromatic rings. The number of likely N-dealkylation sites (tertiary alicyclic amines) is 1. The molecule has 0 radical (unpaired) electrons. The highest BCUT2D eigenvalue weighted by molar-refractivity contribution is 7.23. The van der Waals surface area contributed by atoms with Crippen molar-refractivity contribution in [2.75, 3.05) is 33.2 Å². The quantitative estimate of drug-likeness (QED) is 0.398. The summed E-state index contributed by atoms with van der Waals surface area (Å²) in [5, 5.41) is 5.63. The molecule has 0 aliphatic carbocycles. The van der Waals surface area contributed by atoms with Crippen LogP contribution in [0, 0.1) is 0 Å². The van der Waals surface area contributed by atoms with Gasteiger partial charge in [0, 0.05) is 30.9 Å². The summed E-state index contributed by atoms with van der Waals surface area (Å²) in [6, 6.07) is 9.21. The number of pyridine rings is 1. The number of nitrogens with zero attached hydrogens (tertiary/aromatic N) is 4. The Bertz CT molecular complexity index is 1320. The fraction of sp³-hybridized carbons (Fsp3) is 0.360. The Hall–Kier alpha value is -3.30. The predicted molar refractivity (Wildman–Crippen MR) is 134 cm³/mol. The highest BCUT2D eigenvalue weighted by Gasteiger charge is 2.15. The highest BCUT2D eigenvalue weighted by atomic mass is 32.1. The number of hydrogen-bond acceptors (Lipinski definition) is 6. The Morgan fingerprint density at radius 1 is 1.09 bits per heavy atom. The largest absolute Gasteiger partial charge is 0.355 e. The van der Waals surface area contributed by atoms with Gasteiger partial charge in [-0.3, -0.25) is 14.0 Å². The SMILES string of the molecule is CNC(=O)c1ccc(-c2cn3c(n2)sc2cc(C(=O)NCCCN4CCCCC4)ncc23)cc1. The number of piperidine rings is 1. The van der Waals surface area contributed by atoms with Crippen LogP contribution >= 0.6 is 11.3 Å². The standard InChI is InChI=1S/C25H28N6O2S/c1-26-23(32)18-8-6-17(7-9-18)20-16-31-21-15-28-19(14-22(21)34-25(31)29-20)24(33)27-10-5-13-30-11-3-2-4-12-30/h6-9,14-16H,2-5,10-13H2,1H3,(H,26,32)(H,27,33). The van der Waals surface area contributed by atoms with Gasteiger partial charge in [0.05, 0.1) is 22.1 Å². The Labute approximate surface area is 202 Å². The van der Waals surface area contributed by atoms with Crippen molar-refractivity contribution in [1.82, 2.24) is 29.9 Å². The molecule has 34 heavy (non-hydrogen) atoms. The molecule has 0 bridgehead atoms. The third-order valence-electron chi connectivity index (χ3n) is 6.27. The molecule has 8 nitrogen and oxygen atoms in total. The topological polar surface area (TPSA) is 91.6 Å². The minimum Gasteiger partial charge on any atom is -0.355 e. The van der Waals surface area contributed by atoms with Crippen LogP contribution in [-0.4, -0.2) is 64.3 Å². The Morgan fingerprint density at radius 3 is 2.65 bits per heavy atom. The summed E-state index contributed by atoms with van der Waals surface area (Å²) in [5.74, 6) is -0.250. The summed E-state index contributed by atoms with van der Waals surface area (Å²) in [6.07, 6.45) is 8.56. The molecule has 5 rings (SSSR count). The first-order chi connectivity index (χ1) is 16.6. The number of hydrogen-bond donors (Lipinski definition) is 2. The molecule has 0 saturated carbocycles. The van der Waals surface area contributed by atoms with Crippen LogP contribution in [0.5, 0.6) is 0 Å². The summed E-state index contributed by atoms with van der Waals surface area (Å²) < 4.78 is 2.97. The summed E-state index contributed by atoms with van der Waals surface area (Å²) in [5.41, 5.74) is 3.72. The lowest BCUT2D eigenvalue weighted by Crippen LogP contribution is -2.33. The van der Waals surface area contributed by atoms with E-state index < -0.39 is 0 Å². The molecule has 4 heterocycles. The fourth-order valence-electron chi connectivity index (χ4n) is 4.38. The molecule has 1 aliphatic heterocycles. The van der Waals surface area contributed by atoms with Crippen molar-refractivity contribution in [2.45, 2.75) is 25.7 Å². The van der Waals surface area contributed by atoms with Gasteiger partial charge >= 0.3 is 0 Å². The van der Waals surface area contributed by atoms with Gasteiger partial charge in [-0.25, -0.2) is 9.97 Å². The summed E-state index contributed by atoms with van der Waals surface area (Å²) >= 11 is 1.53. The van der Waals surface area contributed by atoms with Crippen LogP contribution in [-0.2, 0) is 0 Å². The zero-order valence-corrected chi connectivity index (χ0v) is 20.0. The lowest BCUT2D eigenvalue weighted by Gasteiger charge is -2.26. The third-order valence-corrected chi connectivity index (χ3v) is 7.29. The van der Waals surface area contributed by atoms with Gasteiger partial charge in [0.2, 0.25) is 0 Å². The lowest BCUT2D eigenvalue weighted by molar-refractivity contribution is 0.0943. The second-order valence-corrected chi connectivity index (χ2v) is 9.60. The first-order valence-corrected chi connectivity index (χ1v) is 12.5. The number of aromatic nitrogens is 3. The molecule has 0 unspecified atom stereocenters. The Balaban J connectivity index is 1.25. The van der Waals surface area contributed by atoms with Crippen LogP contribution in [0.4, 0.5) is 0 Å². The molecule has 1 fully saturated rings. The molecule has 1 aromatic carbocycles. The molecule has 1 aliphatic rings. The van der Waals surface area contributed by atoms with Crippen LogP contribution < -0.4 is 10.6 Å². The number of rotatable bonds is 7. The summed E-state index contributed by atoms with van der Waals surface area (Å²) in [7, 11) is 1.62. The summed E-state index contributed by atoms with van der Waals surface area (Å²) in [4.78, 5) is 36.8. The molecule has 0 atom stereocenters. The molecular formula is C25H28N6O2S. The summed E-state index contributed by atoms with van der Waals surface area (Å²) in [6.45, 7) is 4.04. The lowest BCUT2D eigenvalue weighted by atomic mass is 10.1. The van der Waals surface area contributed by atoms with E-state index in [0.29, 0.717) is 17.8 Å². The molecule has 1 saturated heterocycles. The minimum absolute atomic E-state index is 0.115. The number of imidazole rings is 1. The number of benzene rings is 1. The van der Waals surface area contributed by atoms with Crippen LogP contribution in [0.1, 0.15) is 46.5 Å². The van der Waals surface area contributed by atoms with E-state index in [4.69, 9.17) is 4.98 Å². The van der Waals surface area contributed by atoms with Crippen molar-refractivity contribution in [3.05, 3.63) is 54.0 Å². The smallest absolute Gasteiger partial charge is 0.269 e. The zero-order valence-electron chi connectivity index (χ0n) is 19.2. The van der Waals surface area contributed by atoms with Crippen LogP contribution in [0.15, 0.2) is 42.7 Å². The highest BCUT2D eigenvalue weighted by Crippen LogP contribution is 2.29. The van der Waals surface area contributed by atoms with Crippen LogP contribution in [0.3, 0.4) is 0 Å². The predicted octanol–water partition coefficient (Wildman–Crippen LogP) is 3.58. The van der Waals surface area contributed by atoms with E-state index in [1.165, 1.54) is 43.7 Å². The van der Waals surface area contributed by atoms with E-state index in [0.717, 1.165) is 39.4 Å². The molecule has 2 amide bonds. The van der Waals surface area contributed by atoms with E-state index in [1.807, 2.05) is 28.8 Å². The number of fused-ring (bicyclic) bond motifs is 3. The van der Waals surface area contributed by atoms with Gasteiger partial charge in [-0.15, -0.1) is 0 Å². The number of nitrogens with one attached hydrogen (secondary N) is 2. The average molecular weight is 477 g/mol. The molecule has 2 N–H and O–H groups in total. The van der Waals surface area contributed by atoms with Crippen LogP contribution in [0.2, 0.25) is 0 Å². The second-order valence-electron chi connectivity index (χ2n) is 8.59. The molecule has 9 heteroatoms. The van der Waals surface area contributed by atoms with Crippen molar-refractivity contribution >= 4 is 38.3 Å². The minimum atomic E-state index is -0.136. The number of carbonyl (C=O) groups excluding carboxylic acids is 2. The zero-order chi connectivity index (χ0) is 23.5. The Kier molecular flexibility index (Phi) is 6.55. The van der Waals surface area contributed by atoms with Gasteiger partial charge in [-0.05, 0) is 57.1 Å². The van der Waals surface area contributed by atoms with Gasteiger partial charge in [0.1, 0.15) is 5.69 Å². The molecule has 176 valence electrons. The van der Waals surface area contributed by atoms with E-state index in [2.05, 4.69) is 20.5 Å². The monoisotopic (exact) mass is 476 g/mol. The number of carbonyl (C=O) groups is 2. The maximum Gasteiger partial charge on any atom is 0.269 e. The van der Waals surface area contributed by atoms with Crippen LogP contribution in [0.25, 0.3) is 26.4 Å². The van der Waals surface area contributed by atoms with E-state index in [9.17, 15) is 9.59 Å². The van der Waals surface area contributed by atoms with Crippen molar-refractivity contribution in [3.63, 3.8) is 0 Å². The van der Waals surface area contributed by atoms with Crippen molar-refractivity contribution in [3.8, 4) is 11.3 Å². The first kappa shape index (κ1) is 22.5. The van der Waals surface area contributed by atoms with E-state index in [-0.39, 0.29) is 11.8 Å². The van der Waals surface area contributed by atoms with Crippen molar-refractivity contribution < 1.29 is 9.59 Å². The number of amides is 2. The molecular weight excluding hydrogens is 448 g/mol. The number of thiazole rings is 1. The maximum atomic E-state index is 12.6. The molecule has 0 spiro atoms. The van der Waals surface area contributed by atoms with Gasteiger partial charge in [-0.2, -0.15) is 0 Å². The Morgan fingerprint density at radius 2 is 1.88 bits per heavy atom. The first-order valence-electron chi connectivity index (χ1n) is 11.7. The van der Waals surface area contributed by atoms with Crippen molar-refractivity contribution in [1.29, 1.82) is 0 Å². The second kappa shape index (κ2) is 9.90. The third kappa shape index (κ3) is 4.67. The maximum absolute atomic E-state index is 12.6. The van der Waals surface area contributed by atoms with Gasteiger partial charge < -0.3 is 15.5 Å². The van der Waals surface area contributed by atoms with Gasteiger partial charge in [-0.1, -0.05) is 29.9 Å². The van der Waals surface area contributed by atoms with E-state index in [1.54, 1.807) is 25.4 Å².